The second-order valence-corrected chi connectivity index (χ2v) is 4.21. The largest absolute Gasteiger partial charge is 0.396 e. The molecule has 2 atom stereocenters. The molecule has 1 saturated carbocycles. The highest BCUT2D eigenvalue weighted by molar-refractivity contribution is 6.42. The summed E-state index contributed by atoms with van der Waals surface area (Å²) in [7, 11) is 0. The summed E-state index contributed by atoms with van der Waals surface area (Å²) in [4.78, 5) is 0. The molecule has 13 heavy (non-hydrogen) atoms. The molecule has 0 saturated heterocycles. The fourth-order valence-corrected chi connectivity index (χ4v) is 2.09. The average molecular weight is 217 g/mol. The molecule has 1 aromatic carbocycles. The zero-order valence-corrected chi connectivity index (χ0v) is 8.52. The predicted octanol–water partition coefficient (Wildman–Crippen LogP) is 3.09. The lowest BCUT2D eigenvalue weighted by Crippen LogP contribution is -1.89. The van der Waals surface area contributed by atoms with Gasteiger partial charge in [-0.15, -0.1) is 0 Å². The molecule has 1 aliphatic rings. The molecular weight excluding hydrogens is 207 g/mol. The van der Waals surface area contributed by atoms with Gasteiger partial charge in [0.05, 0.1) is 10.0 Å². The summed E-state index contributed by atoms with van der Waals surface area (Å²) in [5.74, 6) is 0.798. The van der Waals surface area contributed by atoms with E-state index in [1.54, 1.807) is 6.07 Å². The summed E-state index contributed by atoms with van der Waals surface area (Å²) < 4.78 is 0. The lowest BCUT2D eigenvalue weighted by atomic mass is 10.1. The van der Waals surface area contributed by atoms with Crippen molar-refractivity contribution in [2.75, 3.05) is 6.61 Å². The smallest absolute Gasteiger partial charge is 0.0627 e. The molecule has 0 radical (unpaired) electrons. The van der Waals surface area contributed by atoms with Gasteiger partial charge in [0, 0.05) is 6.61 Å². The van der Waals surface area contributed by atoms with E-state index in [1.165, 1.54) is 0 Å². The lowest BCUT2D eigenvalue weighted by Gasteiger charge is -2.03. The van der Waals surface area contributed by atoms with Crippen LogP contribution < -0.4 is 0 Å². The van der Waals surface area contributed by atoms with Crippen LogP contribution in [0.15, 0.2) is 18.2 Å². The summed E-state index contributed by atoms with van der Waals surface area (Å²) in [5, 5.41) is 10.2. The lowest BCUT2D eigenvalue weighted by molar-refractivity contribution is 0.274. The Bertz CT molecular complexity index is 325. The SMILES string of the molecule is OC[C@H]1C[C@@H]1c1cccc(Cl)c1Cl. The summed E-state index contributed by atoms with van der Waals surface area (Å²) in [6.45, 7) is 0.244. The van der Waals surface area contributed by atoms with E-state index in [-0.39, 0.29) is 6.61 Å². The normalized spacial score (nSPS) is 26.1. The predicted molar refractivity (Wildman–Crippen MR) is 54.4 cm³/mol. The Balaban J connectivity index is 2.27. The molecule has 1 aromatic rings. The van der Waals surface area contributed by atoms with Crippen LogP contribution in [0.3, 0.4) is 0 Å². The molecular formula is C10H10Cl2O. The van der Waals surface area contributed by atoms with Crippen molar-refractivity contribution in [1.29, 1.82) is 0 Å². The van der Waals surface area contributed by atoms with Gasteiger partial charge in [-0.05, 0) is 29.9 Å². The molecule has 0 spiro atoms. The Kier molecular flexibility index (Phi) is 2.50. The second kappa shape index (κ2) is 3.49. The molecule has 0 heterocycles. The number of hydrogen-bond donors (Lipinski definition) is 1. The zero-order chi connectivity index (χ0) is 9.42. The van der Waals surface area contributed by atoms with Gasteiger partial charge in [0.1, 0.15) is 0 Å². The van der Waals surface area contributed by atoms with Gasteiger partial charge >= 0.3 is 0 Å². The van der Waals surface area contributed by atoms with Crippen LogP contribution in [0.4, 0.5) is 0 Å². The second-order valence-electron chi connectivity index (χ2n) is 3.43. The van der Waals surface area contributed by atoms with Crippen LogP contribution in [0.2, 0.25) is 10.0 Å². The van der Waals surface area contributed by atoms with Crippen molar-refractivity contribution in [3.05, 3.63) is 33.8 Å². The van der Waals surface area contributed by atoms with Crippen LogP contribution in [0.5, 0.6) is 0 Å². The Labute approximate surface area is 87.3 Å². The topological polar surface area (TPSA) is 20.2 Å². The van der Waals surface area contributed by atoms with Gasteiger partial charge in [-0.3, -0.25) is 0 Å². The Morgan fingerprint density at radius 1 is 1.38 bits per heavy atom. The van der Waals surface area contributed by atoms with Crippen molar-refractivity contribution < 1.29 is 5.11 Å². The first-order valence-electron chi connectivity index (χ1n) is 4.28. The van der Waals surface area contributed by atoms with Crippen molar-refractivity contribution in [2.24, 2.45) is 5.92 Å². The first kappa shape index (κ1) is 9.32. The van der Waals surface area contributed by atoms with Crippen LogP contribution in [0.1, 0.15) is 17.9 Å². The molecule has 0 bridgehead atoms. The number of aliphatic hydroxyl groups is 1. The minimum absolute atomic E-state index is 0.244. The molecule has 0 amide bonds. The highest BCUT2D eigenvalue weighted by Gasteiger charge is 2.38. The molecule has 1 nitrogen and oxygen atoms in total. The molecule has 0 aliphatic heterocycles. The summed E-state index contributed by atoms with van der Waals surface area (Å²) >= 11 is 11.9. The number of halogens is 2. The molecule has 1 aliphatic carbocycles. The van der Waals surface area contributed by atoms with Crippen LogP contribution in [0.25, 0.3) is 0 Å². The molecule has 1 fully saturated rings. The van der Waals surface area contributed by atoms with Crippen molar-refractivity contribution in [1.82, 2.24) is 0 Å². The highest BCUT2D eigenvalue weighted by Crippen LogP contribution is 2.50. The van der Waals surface area contributed by atoms with E-state index in [9.17, 15) is 0 Å². The fourth-order valence-electron chi connectivity index (χ4n) is 1.64. The Hall–Kier alpha value is -0.240. The monoisotopic (exact) mass is 216 g/mol. The minimum Gasteiger partial charge on any atom is -0.396 e. The van der Waals surface area contributed by atoms with Gasteiger partial charge in [0.2, 0.25) is 0 Å². The van der Waals surface area contributed by atoms with Gasteiger partial charge in [0.15, 0.2) is 0 Å². The third-order valence-corrected chi connectivity index (χ3v) is 3.37. The van der Waals surface area contributed by atoms with Crippen molar-refractivity contribution >= 4 is 23.2 Å². The molecule has 0 unspecified atom stereocenters. The Morgan fingerprint density at radius 2 is 2.15 bits per heavy atom. The number of hydrogen-bond acceptors (Lipinski definition) is 1. The summed E-state index contributed by atoms with van der Waals surface area (Å²) in [6, 6.07) is 5.66. The van der Waals surface area contributed by atoms with Crippen LogP contribution in [-0.2, 0) is 0 Å². The zero-order valence-electron chi connectivity index (χ0n) is 7.00. The van der Waals surface area contributed by atoms with Gasteiger partial charge < -0.3 is 5.11 Å². The Morgan fingerprint density at radius 3 is 2.77 bits per heavy atom. The molecule has 3 heteroatoms. The van der Waals surface area contributed by atoms with E-state index in [0.29, 0.717) is 21.9 Å². The van der Waals surface area contributed by atoms with E-state index in [2.05, 4.69) is 0 Å². The number of benzene rings is 1. The van der Waals surface area contributed by atoms with Gasteiger partial charge in [-0.2, -0.15) is 0 Å². The summed E-state index contributed by atoms with van der Waals surface area (Å²) in [5.41, 5.74) is 1.08. The third-order valence-electron chi connectivity index (χ3n) is 2.54. The average Bonchev–Trinajstić information content (AvgIpc) is 2.89. The molecule has 1 N–H and O–H groups in total. The minimum atomic E-state index is 0.244. The van der Waals surface area contributed by atoms with Gasteiger partial charge in [-0.1, -0.05) is 35.3 Å². The quantitative estimate of drug-likeness (QED) is 0.806. The third kappa shape index (κ3) is 1.69. The van der Waals surface area contributed by atoms with E-state index < -0.39 is 0 Å². The molecule has 0 aromatic heterocycles. The van der Waals surface area contributed by atoms with Crippen molar-refractivity contribution in [2.45, 2.75) is 12.3 Å². The maximum atomic E-state index is 8.92. The van der Waals surface area contributed by atoms with Crippen LogP contribution in [0, 0.1) is 5.92 Å². The van der Waals surface area contributed by atoms with E-state index >= 15 is 0 Å². The van der Waals surface area contributed by atoms with Crippen LogP contribution >= 0.6 is 23.2 Å². The molecule has 70 valence electrons. The van der Waals surface area contributed by atoms with E-state index in [1.807, 2.05) is 12.1 Å². The first-order valence-corrected chi connectivity index (χ1v) is 5.04. The summed E-state index contributed by atoms with van der Waals surface area (Å²) in [6.07, 6.45) is 1.02. The van der Waals surface area contributed by atoms with Crippen LogP contribution in [-0.4, -0.2) is 11.7 Å². The maximum Gasteiger partial charge on any atom is 0.0627 e. The first-order chi connectivity index (χ1) is 6.24. The van der Waals surface area contributed by atoms with Gasteiger partial charge in [-0.25, -0.2) is 0 Å². The van der Waals surface area contributed by atoms with E-state index in [4.69, 9.17) is 28.3 Å². The van der Waals surface area contributed by atoms with Crippen molar-refractivity contribution in [3.63, 3.8) is 0 Å². The number of rotatable bonds is 2. The van der Waals surface area contributed by atoms with E-state index in [0.717, 1.165) is 12.0 Å². The maximum absolute atomic E-state index is 8.92. The van der Waals surface area contributed by atoms with Gasteiger partial charge in [0.25, 0.3) is 0 Å². The highest BCUT2D eigenvalue weighted by atomic mass is 35.5. The van der Waals surface area contributed by atoms with Crippen molar-refractivity contribution in [3.8, 4) is 0 Å². The standard InChI is InChI=1S/C10H10Cl2O/c11-9-3-1-2-7(10(9)12)8-4-6(8)5-13/h1-3,6,8,13H,4-5H2/t6-,8+/m1/s1. The molecule has 2 rings (SSSR count). The fraction of sp³-hybridized carbons (Fsp3) is 0.400. The number of aliphatic hydroxyl groups excluding tert-OH is 1.